The first-order valence-electron chi connectivity index (χ1n) is 12.2. The Morgan fingerprint density at radius 2 is 1.70 bits per heavy atom. The maximum absolute atomic E-state index is 13.4. The van der Waals surface area contributed by atoms with E-state index in [0.717, 1.165) is 32.1 Å². The summed E-state index contributed by atoms with van der Waals surface area (Å²) in [5.74, 6) is -0.0689. The number of hydrogen-bond donors (Lipinski definition) is 2. The smallest absolute Gasteiger partial charge is 0.343 e. The minimum absolute atomic E-state index is 0.258. The highest BCUT2D eigenvalue weighted by Gasteiger charge is 2.20. The zero-order chi connectivity index (χ0) is 28.2. The largest absolute Gasteiger partial charge is 0.497 e. The summed E-state index contributed by atoms with van der Waals surface area (Å²) < 4.78 is 12.1. The Bertz CT molecular complexity index is 1750. The van der Waals surface area contributed by atoms with Crippen LogP contribution in [0.25, 0.3) is 22.0 Å². The van der Waals surface area contributed by atoms with Crippen LogP contribution in [0.15, 0.2) is 99.0 Å². The molecule has 1 amide bonds. The Morgan fingerprint density at radius 1 is 0.950 bits per heavy atom. The molecule has 4 aromatic carbocycles. The SMILES string of the molecule is COc1ccc(C(=O)Oc2c(Br)cc(Br)cc2C=NNC(=O)c2[nH]c3c(C)cccc3c2-c2ccccc2)cc1. The average Bonchev–Trinajstić information content (AvgIpc) is 3.36. The van der Waals surface area contributed by atoms with Gasteiger partial charge in [-0.15, -0.1) is 0 Å². The van der Waals surface area contributed by atoms with Gasteiger partial charge in [-0.3, -0.25) is 4.79 Å². The van der Waals surface area contributed by atoms with Crippen molar-refractivity contribution in [1.29, 1.82) is 0 Å². The summed E-state index contributed by atoms with van der Waals surface area (Å²) in [5.41, 5.74) is 7.47. The van der Waals surface area contributed by atoms with E-state index in [-0.39, 0.29) is 5.75 Å². The van der Waals surface area contributed by atoms with Gasteiger partial charge < -0.3 is 14.5 Å². The van der Waals surface area contributed by atoms with Crippen LogP contribution in [0.5, 0.6) is 11.5 Å². The molecule has 0 aliphatic rings. The number of ether oxygens (including phenoxy) is 2. The van der Waals surface area contributed by atoms with E-state index in [1.54, 1.807) is 43.5 Å². The lowest BCUT2D eigenvalue weighted by Gasteiger charge is -2.11. The van der Waals surface area contributed by atoms with Crippen molar-refractivity contribution in [1.82, 2.24) is 10.4 Å². The molecular formula is C31H23Br2N3O4. The number of esters is 1. The molecule has 5 aromatic rings. The monoisotopic (exact) mass is 659 g/mol. The number of aromatic nitrogens is 1. The lowest BCUT2D eigenvalue weighted by Crippen LogP contribution is -2.19. The van der Waals surface area contributed by atoms with E-state index in [0.29, 0.717) is 27.0 Å². The van der Waals surface area contributed by atoms with E-state index in [2.05, 4.69) is 47.4 Å². The third-order valence-corrected chi connectivity index (χ3v) is 7.31. The summed E-state index contributed by atoms with van der Waals surface area (Å²) in [6.45, 7) is 1.99. The van der Waals surface area contributed by atoms with Gasteiger partial charge in [0.1, 0.15) is 11.4 Å². The van der Waals surface area contributed by atoms with Crippen LogP contribution < -0.4 is 14.9 Å². The molecule has 40 heavy (non-hydrogen) atoms. The number of H-pyrrole nitrogens is 1. The first-order valence-corrected chi connectivity index (χ1v) is 13.8. The van der Waals surface area contributed by atoms with Gasteiger partial charge in [0.15, 0.2) is 5.75 Å². The molecule has 0 unspecified atom stereocenters. The van der Waals surface area contributed by atoms with Crippen LogP contribution in [0.2, 0.25) is 0 Å². The number of rotatable bonds is 7. The van der Waals surface area contributed by atoms with Gasteiger partial charge in [-0.1, -0.05) is 64.5 Å². The van der Waals surface area contributed by atoms with Crippen molar-refractivity contribution in [3.8, 4) is 22.6 Å². The second-order valence-corrected chi connectivity index (χ2v) is 10.6. The number of para-hydroxylation sites is 1. The number of carbonyl (C=O) groups is 2. The normalized spacial score (nSPS) is 11.1. The van der Waals surface area contributed by atoms with Crippen molar-refractivity contribution >= 4 is 60.9 Å². The van der Waals surface area contributed by atoms with Gasteiger partial charge in [-0.25, -0.2) is 10.2 Å². The van der Waals surface area contributed by atoms with E-state index in [1.165, 1.54) is 6.21 Å². The highest BCUT2D eigenvalue weighted by molar-refractivity contribution is 9.11. The minimum Gasteiger partial charge on any atom is -0.497 e. The van der Waals surface area contributed by atoms with Crippen molar-refractivity contribution in [3.05, 3.63) is 116 Å². The predicted octanol–water partition coefficient (Wildman–Crippen LogP) is 7.66. The van der Waals surface area contributed by atoms with Crippen LogP contribution in [0.3, 0.4) is 0 Å². The van der Waals surface area contributed by atoms with Gasteiger partial charge in [-0.05, 0) is 70.4 Å². The first kappa shape index (κ1) is 27.4. The van der Waals surface area contributed by atoms with Crippen LogP contribution in [-0.2, 0) is 0 Å². The Kier molecular flexibility index (Phi) is 8.14. The number of hydrazone groups is 1. The third kappa shape index (κ3) is 5.71. The van der Waals surface area contributed by atoms with Crippen molar-refractivity contribution in [3.63, 3.8) is 0 Å². The summed E-state index contributed by atoms with van der Waals surface area (Å²) >= 11 is 6.92. The second-order valence-electron chi connectivity index (χ2n) is 8.86. The van der Waals surface area contributed by atoms with Crippen LogP contribution in [-0.4, -0.2) is 30.2 Å². The number of halogens is 2. The van der Waals surface area contributed by atoms with E-state index in [1.807, 2.05) is 55.5 Å². The van der Waals surface area contributed by atoms with Crippen LogP contribution >= 0.6 is 31.9 Å². The van der Waals surface area contributed by atoms with Crippen LogP contribution in [0, 0.1) is 6.92 Å². The molecule has 2 N–H and O–H groups in total. The number of aryl methyl sites for hydroxylation is 1. The summed E-state index contributed by atoms with van der Waals surface area (Å²) in [6.07, 6.45) is 1.43. The Labute approximate surface area is 247 Å². The predicted molar refractivity (Wildman–Crippen MR) is 163 cm³/mol. The molecule has 0 saturated heterocycles. The first-order chi connectivity index (χ1) is 19.4. The zero-order valence-corrected chi connectivity index (χ0v) is 24.7. The number of aromatic amines is 1. The maximum atomic E-state index is 13.4. The van der Waals surface area contributed by atoms with E-state index in [9.17, 15) is 9.59 Å². The second kappa shape index (κ2) is 11.9. The van der Waals surface area contributed by atoms with Crippen LogP contribution in [0.4, 0.5) is 0 Å². The van der Waals surface area contributed by atoms with Crippen molar-refractivity contribution in [2.45, 2.75) is 6.92 Å². The van der Waals surface area contributed by atoms with E-state index in [4.69, 9.17) is 9.47 Å². The average molecular weight is 661 g/mol. The number of carbonyl (C=O) groups excluding carboxylic acids is 2. The lowest BCUT2D eigenvalue weighted by atomic mass is 10.0. The summed E-state index contributed by atoms with van der Waals surface area (Å²) in [7, 11) is 1.55. The summed E-state index contributed by atoms with van der Waals surface area (Å²) in [4.78, 5) is 29.5. The topological polar surface area (TPSA) is 92.8 Å². The summed E-state index contributed by atoms with van der Waals surface area (Å²) in [6, 6.07) is 25.8. The van der Waals surface area contributed by atoms with Gasteiger partial charge in [0.25, 0.3) is 5.91 Å². The fourth-order valence-corrected chi connectivity index (χ4v) is 5.66. The molecule has 7 nitrogen and oxygen atoms in total. The molecule has 9 heteroatoms. The van der Waals surface area contributed by atoms with Crippen molar-refractivity contribution in [2.75, 3.05) is 7.11 Å². The molecule has 0 saturated carbocycles. The molecule has 1 heterocycles. The number of benzene rings is 4. The van der Waals surface area contributed by atoms with Gasteiger partial charge in [0, 0.05) is 26.5 Å². The molecule has 0 bridgehead atoms. The molecular weight excluding hydrogens is 638 g/mol. The zero-order valence-electron chi connectivity index (χ0n) is 21.5. The molecule has 0 fully saturated rings. The highest BCUT2D eigenvalue weighted by Crippen LogP contribution is 2.35. The van der Waals surface area contributed by atoms with Gasteiger partial charge in [0.2, 0.25) is 0 Å². The molecule has 1 aromatic heterocycles. The minimum atomic E-state index is -0.551. The quantitative estimate of drug-likeness (QED) is 0.0811. The number of hydrogen-bond acceptors (Lipinski definition) is 5. The van der Waals surface area contributed by atoms with Gasteiger partial charge >= 0.3 is 5.97 Å². The van der Waals surface area contributed by atoms with E-state index < -0.39 is 11.9 Å². The molecule has 0 radical (unpaired) electrons. The number of fused-ring (bicyclic) bond motifs is 1. The fourth-order valence-electron chi connectivity index (χ4n) is 4.32. The summed E-state index contributed by atoms with van der Waals surface area (Å²) in [5, 5.41) is 5.14. The molecule has 200 valence electrons. The third-order valence-electron chi connectivity index (χ3n) is 6.26. The molecule has 5 rings (SSSR count). The lowest BCUT2D eigenvalue weighted by molar-refractivity contribution is 0.0732. The Hall–Kier alpha value is -4.21. The highest BCUT2D eigenvalue weighted by atomic mass is 79.9. The van der Waals surface area contributed by atoms with Gasteiger partial charge in [0.05, 0.1) is 23.4 Å². The molecule has 0 aliphatic carbocycles. The standard InChI is InChI=1S/C31H23Br2N3O4/c1-18-7-6-10-24-26(19-8-4-3-5-9-19)28(35-27(18)24)30(37)36-34-17-21-15-22(32)16-25(33)29(21)40-31(38)20-11-13-23(39-2)14-12-20/h3-17,35H,1-2H3,(H,36,37). The number of methoxy groups -OCH3 is 1. The maximum Gasteiger partial charge on any atom is 0.343 e. The molecule has 0 atom stereocenters. The molecule has 0 spiro atoms. The number of amides is 1. The molecule has 0 aliphatic heterocycles. The van der Waals surface area contributed by atoms with Crippen LogP contribution in [0.1, 0.15) is 32.0 Å². The van der Waals surface area contributed by atoms with Gasteiger partial charge in [-0.2, -0.15) is 5.10 Å². The Balaban J connectivity index is 1.43. The van der Waals surface area contributed by atoms with Crippen molar-refractivity contribution < 1.29 is 19.1 Å². The fraction of sp³-hybridized carbons (Fsp3) is 0.0645. The Morgan fingerprint density at radius 3 is 2.42 bits per heavy atom. The van der Waals surface area contributed by atoms with E-state index >= 15 is 0 Å². The number of nitrogens with zero attached hydrogens (tertiary/aromatic N) is 1. The van der Waals surface area contributed by atoms with Crippen molar-refractivity contribution in [2.24, 2.45) is 5.10 Å². The number of nitrogens with one attached hydrogen (secondary N) is 2.